The number of nitrogens with one attached hydrogen (secondary N) is 1. The van der Waals surface area contributed by atoms with Gasteiger partial charge in [0.05, 0.1) is 5.92 Å². The van der Waals surface area contributed by atoms with Gasteiger partial charge in [0, 0.05) is 49.4 Å². The van der Waals surface area contributed by atoms with Gasteiger partial charge in [-0.15, -0.1) is 0 Å². The number of nitrogens with zero attached hydrogens (tertiary/aromatic N) is 2. The number of carbonyl (C=O) groups excluding carboxylic acids is 3. The molecule has 1 atom stereocenters. The molecule has 0 aliphatic carbocycles. The molecule has 150 valence electrons. The summed E-state index contributed by atoms with van der Waals surface area (Å²) < 4.78 is 0. The van der Waals surface area contributed by atoms with Crippen LogP contribution in [0.2, 0.25) is 5.02 Å². The van der Waals surface area contributed by atoms with Crippen LogP contribution in [0.5, 0.6) is 0 Å². The van der Waals surface area contributed by atoms with E-state index in [-0.39, 0.29) is 30.1 Å². The summed E-state index contributed by atoms with van der Waals surface area (Å²) in [6.07, 6.45) is 0.971. The van der Waals surface area contributed by atoms with Crippen molar-refractivity contribution in [3.63, 3.8) is 0 Å². The predicted molar refractivity (Wildman–Crippen MR) is 112 cm³/mol. The lowest BCUT2D eigenvalue weighted by Gasteiger charge is -2.19. The van der Waals surface area contributed by atoms with Gasteiger partial charge in [-0.05, 0) is 47.9 Å². The lowest BCUT2D eigenvalue weighted by molar-refractivity contribution is -0.126. The number of fused-ring (bicyclic) bond motifs is 1. The van der Waals surface area contributed by atoms with E-state index < -0.39 is 0 Å². The number of benzene rings is 2. The quantitative estimate of drug-likeness (QED) is 0.841. The zero-order valence-corrected chi connectivity index (χ0v) is 16.9. The highest BCUT2D eigenvalue weighted by molar-refractivity contribution is 6.30. The highest BCUT2D eigenvalue weighted by atomic mass is 35.5. The maximum absolute atomic E-state index is 12.6. The normalized spacial score (nSPS) is 18.1. The summed E-state index contributed by atoms with van der Waals surface area (Å²) >= 11 is 5.88. The summed E-state index contributed by atoms with van der Waals surface area (Å²) in [5, 5.41) is 3.56. The van der Waals surface area contributed by atoms with Gasteiger partial charge in [-0.3, -0.25) is 14.4 Å². The Morgan fingerprint density at radius 3 is 2.66 bits per heavy atom. The molecule has 2 aromatic carbocycles. The molecular weight excluding hydrogens is 390 g/mol. The molecule has 2 aliphatic heterocycles. The van der Waals surface area contributed by atoms with Gasteiger partial charge in [-0.2, -0.15) is 0 Å². The van der Waals surface area contributed by atoms with Gasteiger partial charge in [0.25, 0.3) is 0 Å². The number of hydrogen-bond acceptors (Lipinski definition) is 3. The summed E-state index contributed by atoms with van der Waals surface area (Å²) in [4.78, 5) is 40.2. The van der Waals surface area contributed by atoms with E-state index in [4.69, 9.17) is 11.6 Å². The molecule has 0 saturated carbocycles. The van der Waals surface area contributed by atoms with Gasteiger partial charge in [0.1, 0.15) is 0 Å². The zero-order valence-electron chi connectivity index (χ0n) is 16.2. The summed E-state index contributed by atoms with van der Waals surface area (Å²) in [5.41, 5.74) is 3.70. The van der Waals surface area contributed by atoms with Crippen LogP contribution in [0.4, 0.5) is 11.4 Å². The van der Waals surface area contributed by atoms with E-state index in [9.17, 15) is 14.4 Å². The van der Waals surface area contributed by atoms with Crippen LogP contribution < -0.4 is 15.1 Å². The van der Waals surface area contributed by atoms with Crippen molar-refractivity contribution in [2.75, 3.05) is 22.9 Å². The lowest BCUT2D eigenvalue weighted by atomic mass is 10.1. The second-order valence-corrected chi connectivity index (χ2v) is 7.92. The molecule has 1 N–H and O–H groups in total. The third-order valence-electron chi connectivity index (χ3n) is 5.53. The molecule has 7 heteroatoms. The van der Waals surface area contributed by atoms with Gasteiger partial charge < -0.3 is 15.1 Å². The molecule has 0 spiro atoms. The van der Waals surface area contributed by atoms with Crippen LogP contribution in [0.15, 0.2) is 42.5 Å². The zero-order chi connectivity index (χ0) is 20.5. The second kappa shape index (κ2) is 7.87. The van der Waals surface area contributed by atoms with Crippen molar-refractivity contribution in [3.05, 3.63) is 58.6 Å². The minimum absolute atomic E-state index is 0.0196. The van der Waals surface area contributed by atoms with E-state index in [0.29, 0.717) is 24.7 Å². The SMILES string of the molecule is CC(=O)N1CCc2cc(N3C[C@@H](C(=O)NCc4ccc(Cl)cc4)CC3=O)ccc21. The summed E-state index contributed by atoms with van der Waals surface area (Å²) in [5.74, 6) is -0.541. The molecule has 1 fully saturated rings. The van der Waals surface area contributed by atoms with Crippen LogP contribution >= 0.6 is 11.6 Å². The maximum atomic E-state index is 12.6. The lowest BCUT2D eigenvalue weighted by Crippen LogP contribution is -2.32. The molecule has 2 heterocycles. The van der Waals surface area contributed by atoms with Crippen molar-refractivity contribution in [1.82, 2.24) is 5.32 Å². The Morgan fingerprint density at radius 2 is 1.93 bits per heavy atom. The highest BCUT2D eigenvalue weighted by Gasteiger charge is 2.35. The molecule has 0 radical (unpaired) electrons. The van der Waals surface area contributed by atoms with Crippen molar-refractivity contribution in [3.8, 4) is 0 Å². The van der Waals surface area contributed by atoms with Gasteiger partial charge in [0.2, 0.25) is 17.7 Å². The van der Waals surface area contributed by atoms with E-state index >= 15 is 0 Å². The number of amides is 3. The Labute approximate surface area is 174 Å². The van der Waals surface area contributed by atoms with E-state index in [1.807, 2.05) is 30.3 Å². The Bertz CT molecular complexity index is 974. The molecule has 0 unspecified atom stereocenters. The average Bonchev–Trinajstić information content (AvgIpc) is 3.30. The van der Waals surface area contributed by atoms with Crippen molar-refractivity contribution in [1.29, 1.82) is 0 Å². The van der Waals surface area contributed by atoms with Crippen LogP contribution in [0.25, 0.3) is 0 Å². The number of hydrogen-bond donors (Lipinski definition) is 1. The third kappa shape index (κ3) is 3.98. The van der Waals surface area contributed by atoms with Crippen molar-refractivity contribution in [2.45, 2.75) is 26.3 Å². The highest BCUT2D eigenvalue weighted by Crippen LogP contribution is 2.34. The van der Waals surface area contributed by atoms with Crippen molar-refractivity contribution >= 4 is 40.7 Å². The van der Waals surface area contributed by atoms with Crippen molar-refractivity contribution in [2.24, 2.45) is 5.92 Å². The van der Waals surface area contributed by atoms with Gasteiger partial charge in [0.15, 0.2) is 0 Å². The molecule has 6 nitrogen and oxygen atoms in total. The van der Waals surface area contributed by atoms with E-state index in [1.165, 1.54) is 0 Å². The van der Waals surface area contributed by atoms with Gasteiger partial charge in [-0.1, -0.05) is 23.7 Å². The first kappa shape index (κ1) is 19.5. The van der Waals surface area contributed by atoms with E-state index in [1.54, 1.807) is 28.9 Å². The summed E-state index contributed by atoms with van der Waals surface area (Å²) in [7, 11) is 0. The third-order valence-corrected chi connectivity index (χ3v) is 5.78. The number of carbonyl (C=O) groups is 3. The minimum atomic E-state index is -0.378. The Balaban J connectivity index is 1.41. The van der Waals surface area contributed by atoms with Crippen LogP contribution in [0, 0.1) is 5.92 Å². The first-order chi connectivity index (χ1) is 13.9. The second-order valence-electron chi connectivity index (χ2n) is 7.48. The van der Waals surface area contributed by atoms with Crippen LogP contribution in [-0.4, -0.2) is 30.8 Å². The molecule has 3 amide bonds. The maximum Gasteiger partial charge on any atom is 0.227 e. The smallest absolute Gasteiger partial charge is 0.227 e. The molecule has 2 aromatic rings. The molecule has 1 saturated heterocycles. The molecular formula is C22H22ClN3O3. The fourth-order valence-electron chi connectivity index (χ4n) is 3.95. The van der Waals surface area contributed by atoms with Crippen LogP contribution in [0.1, 0.15) is 24.5 Å². The fraction of sp³-hybridized carbons (Fsp3) is 0.318. The minimum Gasteiger partial charge on any atom is -0.352 e. The number of rotatable bonds is 4. The topological polar surface area (TPSA) is 69.7 Å². The number of halogens is 1. The summed E-state index contributed by atoms with van der Waals surface area (Å²) in [6.45, 7) is 2.99. The largest absolute Gasteiger partial charge is 0.352 e. The van der Waals surface area contributed by atoms with E-state index in [2.05, 4.69) is 5.32 Å². The summed E-state index contributed by atoms with van der Waals surface area (Å²) in [6, 6.07) is 13.0. The standard InChI is InChI=1S/C22H22ClN3O3/c1-14(27)25-9-8-16-10-19(6-7-20(16)25)26-13-17(11-21(26)28)22(29)24-12-15-2-4-18(23)5-3-15/h2-7,10,17H,8-9,11-13H2,1H3,(H,24,29)/t17-/m0/s1. The predicted octanol–water partition coefficient (Wildman–Crippen LogP) is 2.92. The monoisotopic (exact) mass is 411 g/mol. The Hall–Kier alpha value is -2.86. The molecule has 0 aromatic heterocycles. The molecule has 29 heavy (non-hydrogen) atoms. The Morgan fingerprint density at radius 1 is 1.17 bits per heavy atom. The van der Waals surface area contributed by atoms with Crippen molar-refractivity contribution < 1.29 is 14.4 Å². The first-order valence-corrected chi connectivity index (χ1v) is 10.0. The van der Waals surface area contributed by atoms with Gasteiger partial charge in [-0.25, -0.2) is 0 Å². The molecule has 2 aliphatic rings. The average molecular weight is 412 g/mol. The number of anilines is 2. The first-order valence-electron chi connectivity index (χ1n) is 9.66. The molecule has 0 bridgehead atoms. The van der Waals surface area contributed by atoms with E-state index in [0.717, 1.165) is 28.9 Å². The van der Waals surface area contributed by atoms with Crippen LogP contribution in [-0.2, 0) is 27.3 Å². The fourth-order valence-corrected chi connectivity index (χ4v) is 4.08. The Kier molecular flexibility index (Phi) is 5.28. The van der Waals surface area contributed by atoms with Crippen LogP contribution in [0.3, 0.4) is 0 Å². The van der Waals surface area contributed by atoms with Gasteiger partial charge >= 0.3 is 0 Å². The molecule has 4 rings (SSSR count).